The third-order valence-electron chi connectivity index (χ3n) is 2.05. The Labute approximate surface area is 82.1 Å². The smallest absolute Gasteiger partial charge is 0.234 e. The van der Waals surface area contributed by atoms with Crippen LogP contribution in [0.3, 0.4) is 0 Å². The average Bonchev–Trinajstić information content (AvgIpc) is 2.66. The van der Waals surface area contributed by atoms with Crippen molar-refractivity contribution in [3.63, 3.8) is 0 Å². The van der Waals surface area contributed by atoms with Crippen LogP contribution in [0.4, 0.5) is 0 Å². The van der Waals surface area contributed by atoms with Crippen molar-refractivity contribution in [3.05, 3.63) is 18.7 Å². The van der Waals surface area contributed by atoms with E-state index in [1.165, 1.54) is 0 Å². The molecule has 1 rings (SSSR count). The van der Waals surface area contributed by atoms with Crippen molar-refractivity contribution in [3.8, 4) is 0 Å². The summed E-state index contributed by atoms with van der Waals surface area (Å²) in [7, 11) is 0. The number of nitrogens with two attached hydrogens (primary N) is 3. The van der Waals surface area contributed by atoms with Crippen LogP contribution < -0.4 is 17.2 Å². The van der Waals surface area contributed by atoms with Crippen molar-refractivity contribution >= 4 is 5.91 Å². The van der Waals surface area contributed by atoms with Gasteiger partial charge in [0.2, 0.25) is 5.91 Å². The minimum Gasteiger partial charge on any atom is -0.368 e. The molecule has 0 saturated carbocycles. The molecular weight excluding hydrogens is 182 g/mol. The normalized spacial score (nSPS) is 15.0. The molecule has 1 unspecified atom stereocenters. The van der Waals surface area contributed by atoms with Crippen molar-refractivity contribution in [2.24, 2.45) is 17.2 Å². The average molecular weight is 197 g/mol. The fourth-order valence-electron chi connectivity index (χ4n) is 1.11. The topological polar surface area (TPSA) is 113 Å². The molecule has 0 radical (unpaired) electrons. The maximum Gasteiger partial charge on any atom is 0.234 e. The van der Waals surface area contributed by atoms with Gasteiger partial charge in [-0.2, -0.15) is 0 Å². The van der Waals surface area contributed by atoms with Crippen molar-refractivity contribution < 1.29 is 4.79 Å². The van der Waals surface area contributed by atoms with Crippen molar-refractivity contribution in [2.75, 3.05) is 0 Å². The number of hydrogen-bond acceptors (Lipinski definition) is 4. The maximum atomic E-state index is 10.6. The van der Waals surface area contributed by atoms with Gasteiger partial charge in [-0.25, -0.2) is 4.98 Å². The van der Waals surface area contributed by atoms with Crippen LogP contribution in [0.15, 0.2) is 18.7 Å². The summed E-state index contributed by atoms with van der Waals surface area (Å²) in [6.45, 7) is 0. The zero-order chi connectivity index (χ0) is 10.6. The van der Waals surface area contributed by atoms with E-state index in [-0.39, 0.29) is 6.17 Å². The summed E-state index contributed by atoms with van der Waals surface area (Å²) in [5.41, 5.74) is 16.3. The van der Waals surface area contributed by atoms with Gasteiger partial charge in [-0.05, 0) is 12.8 Å². The lowest BCUT2D eigenvalue weighted by Crippen LogP contribution is -2.37. The fourth-order valence-corrected chi connectivity index (χ4v) is 1.11. The number of rotatable bonds is 5. The molecule has 0 aliphatic carbocycles. The highest BCUT2D eigenvalue weighted by molar-refractivity contribution is 5.79. The molecule has 0 bridgehead atoms. The number of carbonyl (C=O) groups excluding carboxylic acids is 1. The van der Waals surface area contributed by atoms with Gasteiger partial charge in [0.25, 0.3) is 0 Å². The zero-order valence-electron chi connectivity index (χ0n) is 7.84. The van der Waals surface area contributed by atoms with E-state index in [9.17, 15) is 4.79 Å². The Hall–Kier alpha value is -1.40. The summed E-state index contributed by atoms with van der Waals surface area (Å²) in [5.74, 6) is -0.497. The molecule has 0 aromatic carbocycles. The first kappa shape index (κ1) is 10.7. The molecule has 0 saturated heterocycles. The number of imidazole rings is 1. The van der Waals surface area contributed by atoms with E-state index in [2.05, 4.69) is 4.98 Å². The molecule has 2 atom stereocenters. The molecule has 1 amide bonds. The van der Waals surface area contributed by atoms with Gasteiger partial charge in [-0.3, -0.25) is 4.79 Å². The minimum atomic E-state index is -0.621. The largest absolute Gasteiger partial charge is 0.368 e. The van der Waals surface area contributed by atoms with Crippen LogP contribution in [-0.4, -0.2) is 21.5 Å². The van der Waals surface area contributed by atoms with Crippen molar-refractivity contribution in [1.29, 1.82) is 0 Å². The predicted octanol–water partition coefficient (Wildman–Crippen LogP) is -1.07. The maximum absolute atomic E-state index is 10.6. The summed E-state index contributed by atoms with van der Waals surface area (Å²) >= 11 is 0. The van der Waals surface area contributed by atoms with E-state index in [1.54, 1.807) is 23.3 Å². The first-order valence-corrected chi connectivity index (χ1v) is 4.39. The molecule has 78 valence electrons. The fraction of sp³-hybridized carbons (Fsp3) is 0.500. The molecule has 6 heteroatoms. The lowest BCUT2D eigenvalue weighted by atomic mass is 10.1. The van der Waals surface area contributed by atoms with E-state index in [0.29, 0.717) is 12.8 Å². The SMILES string of the molecule is NC(=O)[C@@H](N)CCC(N)n1ccnc1. The van der Waals surface area contributed by atoms with Crippen LogP contribution >= 0.6 is 0 Å². The second-order valence-corrected chi connectivity index (χ2v) is 3.16. The number of carbonyl (C=O) groups is 1. The molecule has 6 N–H and O–H groups in total. The zero-order valence-corrected chi connectivity index (χ0v) is 7.84. The Kier molecular flexibility index (Phi) is 3.61. The molecular formula is C8H15N5O. The highest BCUT2D eigenvalue weighted by Gasteiger charge is 2.11. The molecule has 0 fully saturated rings. The quantitative estimate of drug-likeness (QED) is 0.558. The number of amides is 1. The van der Waals surface area contributed by atoms with E-state index >= 15 is 0 Å². The second-order valence-electron chi connectivity index (χ2n) is 3.16. The lowest BCUT2D eigenvalue weighted by Gasteiger charge is -2.14. The number of primary amides is 1. The highest BCUT2D eigenvalue weighted by Crippen LogP contribution is 2.07. The molecule has 0 spiro atoms. The van der Waals surface area contributed by atoms with Gasteiger partial charge in [0, 0.05) is 12.4 Å². The Bertz CT molecular complexity index is 284. The minimum absolute atomic E-state index is 0.206. The van der Waals surface area contributed by atoms with Gasteiger partial charge in [0.1, 0.15) is 0 Å². The highest BCUT2D eigenvalue weighted by atomic mass is 16.1. The third kappa shape index (κ3) is 2.82. The van der Waals surface area contributed by atoms with E-state index in [0.717, 1.165) is 0 Å². The number of nitrogens with zero attached hydrogens (tertiary/aromatic N) is 2. The van der Waals surface area contributed by atoms with Gasteiger partial charge >= 0.3 is 0 Å². The Balaban J connectivity index is 2.35. The Morgan fingerprint density at radius 2 is 2.14 bits per heavy atom. The Morgan fingerprint density at radius 3 is 2.64 bits per heavy atom. The third-order valence-corrected chi connectivity index (χ3v) is 2.05. The van der Waals surface area contributed by atoms with Gasteiger partial charge in [-0.15, -0.1) is 0 Å². The number of aromatic nitrogens is 2. The van der Waals surface area contributed by atoms with Gasteiger partial charge in [0.15, 0.2) is 0 Å². The molecule has 0 aliphatic rings. The molecule has 1 aromatic heterocycles. The first-order chi connectivity index (χ1) is 6.61. The van der Waals surface area contributed by atoms with Crippen LogP contribution in [0.2, 0.25) is 0 Å². The van der Waals surface area contributed by atoms with E-state index in [1.807, 2.05) is 0 Å². The summed E-state index contributed by atoms with van der Waals surface area (Å²) in [6, 6.07) is -0.621. The monoisotopic (exact) mass is 197 g/mol. The molecule has 6 nitrogen and oxygen atoms in total. The molecule has 14 heavy (non-hydrogen) atoms. The summed E-state index contributed by atoms with van der Waals surface area (Å²) in [4.78, 5) is 14.5. The second kappa shape index (κ2) is 4.73. The summed E-state index contributed by atoms with van der Waals surface area (Å²) < 4.78 is 1.76. The van der Waals surface area contributed by atoms with Crippen molar-refractivity contribution in [2.45, 2.75) is 25.0 Å². The Morgan fingerprint density at radius 1 is 1.43 bits per heavy atom. The van der Waals surface area contributed by atoms with Crippen LogP contribution in [0.5, 0.6) is 0 Å². The van der Waals surface area contributed by atoms with Crippen LogP contribution in [0, 0.1) is 0 Å². The van der Waals surface area contributed by atoms with Crippen molar-refractivity contribution in [1.82, 2.24) is 9.55 Å². The van der Waals surface area contributed by atoms with Gasteiger partial charge in [-0.1, -0.05) is 0 Å². The first-order valence-electron chi connectivity index (χ1n) is 4.39. The summed E-state index contributed by atoms with van der Waals surface area (Å²) in [5, 5.41) is 0. The van der Waals surface area contributed by atoms with Crippen LogP contribution in [0.25, 0.3) is 0 Å². The summed E-state index contributed by atoms with van der Waals surface area (Å²) in [6.07, 6.45) is 5.91. The molecule has 0 aliphatic heterocycles. The van der Waals surface area contributed by atoms with Crippen LogP contribution in [-0.2, 0) is 4.79 Å². The van der Waals surface area contributed by atoms with Gasteiger partial charge < -0.3 is 21.8 Å². The standard InChI is InChI=1S/C8H15N5O/c9-6(8(11)14)1-2-7(10)13-4-3-12-5-13/h3-7H,1-2,9-10H2,(H2,11,14)/t6-,7?/m0/s1. The predicted molar refractivity (Wildman–Crippen MR) is 51.9 cm³/mol. The van der Waals surface area contributed by atoms with Crippen LogP contribution in [0.1, 0.15) is 19.0 Å². The molecule has 1 aromatic rings. The molecule has 1 heterocycles. The lowest BCUT2D eigenvalue weighted by molar-refractivity contribution is -0.119. The number of hydrogen-bond donors (Lipinski definition) is 3. The van der Waals surface area contributed by atoms with E-state index in [4.69, 9.17) is 17.2 Å². The van der Waals surface area contributed by atoms with E-state index < -0.39 is 11.9 Å². The van der Waals surface area contributed by atoms with Gasteiger partial charge in [0.05, 0.1) is 18.5 Å².